The third-order valence-electron chi connectivity index (χ3n) is 5.36. The second-order valence-electron chi connectivity index (χ2n) is 7.74. The summed E-state index contributed by atoms with van der Waals surface area (Å²) in [5.74, 6) is -0.792. The molecule has 6 nitrogen and oxygen atoms in total. The fourth-order valence-corrected chi connectivity index (χ4v) is 3.69. The Labute approximate surface area is 198 Å². The van der Waals surface area contributed by atoms with E-state index < -0.39 is 5.97 Å². The molecule has 1 aromatic heterocycles. The fraction of sp³-hybridized carbons (Fsp3) is 0.143. The van der Waals surface area contributed by atoms with E-state index in [9.17, 15) is 9.59 Å². The number of nitrogens with zero attached hydrogens (tertiary/aromatic N) is 2. The molecule has 4 rings (SSSR count). The van der Waals surface area contributed by atoms with Crippen LogP contribution in [0.3, 0.4) is 0 Å². The molecular formula is C28H25N3O3. The molecule has 0 spiro atoms. The highest BCUT2D eigenvalue weighted by molar-refractivity contribution is 5.89. The first-order chi connectivity index (χ1) is 16.7. The molecule has 170 valence electrons. The number of fused-ring (bicyclic) bond motifs is 1. The molecule has 3 aromatic carbocycles. The van der Waals surface area contributed by atoms with E-state index in [0.29, 0.717) is 12.2 Å². The van der Waals surface area contributed by atoms with Crippen LogP contribution in [0, 0.1) is 0 Å². The highest BCUT2D eigenvalue weighted by Crippen LogP contribution is 2.27. The van der Waals surface area contributed by atoms with Crippen LogP contribution in [0.4, 0.5) is 0 Å². The van der Waals surface area contributed by atoms with Crippen molar-refractivity contribution in [2.75, 3.05) is 13.2 Å². The predicted octanol–water partition coefficient (Wildman–Crippen LogP) is 4.52. The SMILES string of the molecule is O=C(COC(=O)/C=C/c1cnc2ccccc2n1)NCCC(c1ccccc1)c1ccccc1. The van der Waals surface area contributed by atoms with Gasteiger partial charge in [-0.25, -0.2) is 9.78 Å². The average Bonchev–Trinajstić information content (AvgIpc) is 2.89. The number of esters is 1. The van der Waals surface area contributed by atoms with E-state index >= 15 is 0 Å². The normalized spacial score (nSPS) is 11.1. The minimum atomic E-state index is -0.614. The summed E-state index contributed by atoms with van der Waals surface area (Å²) in [6.45, 7) is 0.126. The number of para-hydroxylation sites is 2. The van der Waals surface area contributed by atoms with Crippen molar-refractivity contribution >= 4 is 29.0 Å². The van der Waals surface area contributed by atoms with Gasteiger partial charge in [-0.05, 0) is 35.8 Å². The zero-order valence-electron chi connectivity index (χ0n) is 18.6. The van der Waals surface area contributed by atoms with Gasteiger partial charge in [-0.2, -0.15) is 0 Å². The molecule has 0 unspecified atom stereocenters. The fourth-order valence-electron chi connectivity index (χ4n) is 3.69. The van der Waals surface area contributed by atoms with Crippen molar-refractivity contribution in [1.82, 2.24) is 15.3 Å². The van der Waals surface area contributed by atoms with Crippen LogP contribution in [0.2, 0.25) is 0 Å². The molecule has 6 heteroatoms. The van der Waals surface area contributed by atoms with Crippen molar-refractivity contribution in [3.8, 4) is 0 Å². The summed E-state index contributed by atoms with van der Waals surface area (Å²) in [5, 5.41) is 2.84. The molecule has 0 saturated heterocycles. The van der Waals surface area contributed by atoms with Crippen molar-refractivity contribution in [3.63, 3.8) is 0 Å². The Bertz CT molecular complexity index is 1230. The number of aromatic nitrogens is 2. The minimum Gasteiger partial charge on any atom is -0.452 e. The molecule has 0 aliphatic rings. The topological polar surface area (TPSA) is 81.2 Å². The van der Waals surface area contributed by atoms with E-state index in [4.69, 9.17) is 4.74 Å². The van der Waals surface area contributed by atoms with E-state index in [1.807, 2.05) is 60.7 Å². The Hall–Kier alpha value is -4.32. The Morgan fingerprint density at radius 2 is 1.47 bits per heavy atom. The van der Waals surface area contributed by atoms with Gasteiger partial charge in [0.05, 0.1) is 22.9 Å². The molecule has 0 atom stereocenters. The molecule has 0 saturated carbocycles. The van der Waals surface area contributed by atoms with Crippen LogP contribution in [0.15, 0.2) is 97.2 Å². The maximum absolute atomic E-state index is 12.2. The predicted molar refractivity (Wildman–Crippen MR) is 132 cm³/mol. The highest BCUT2D eigenvalue weighted by Gasteiger charge is 2.14. The van der Waals surface area contributed by atoms with Gasteiger partial charge in [0.25, 0.3) is 5.91 Å². The van der Waals surface area contributed by atoms with Crippen molar-refractivity contribution in [1.29, 1.82) is 0 Å². The number of ether oxygens (including phenoxy) is 1. The molecule has 1 heterocycles. The molecule has 0 radical (unpaired) electrons. The summed E-state index contributed by atoms with van der Waals surface area (Å²) in [6.07, 6.45) is 5.07. The average molecular weight is 452 g/mol. The molecule has 0 aliphatic heterocycles. The third kappa shape index (κ3) is 6.36. The zero-order chi connectivity index (χ0) is 23.6. The first kappa shape index (κ1) is 22.9. The zero-order valence-corrected chi connectivity index (χ0v) is 18.6. The summed E-state index contributed by atoms with van der Waals surface area (Å²) in [7, 11) is 0. The van der Waals surface area contributed by atoms with Gasteiger partial charge in [0.15, 0.2) is 6.61 Å². The van der Waals surface area contributed by atoms with Gasteiger partial charge in [0, 0.05) is 18.5 Å². The summed E-state index contributed by atoms with van der Waals surface area (Å²) < 4.78 is 5.05. The van der Waals surface area contributed by atoms with Gasteiger partial charge in [0.1, 0.15) is 0 Å². The van der Waals surface area contributed by atoms with Crippen molar-refractivity contribution in [2.24, 2.45) is 0 Å². The van der Waals surface area contributed by atoms with Crippen LogP contribution < -0.4 is 5.32 Å². The second-order valence-corrected chi connectivity index (χ2v) is 7.74. The first-order valence-electron chi connectivity index (χ1n) is 11.1. The van der Waals surface area contributed by atoms with E-state index in [-0.39, 0.29) is 18.4 Å². The Morgan fingerprint density at radius 3 is 2.15 bits per heavy atom. The second kappa shape index (κ2) is 11.5. The Morgan fingerprint density at radius 1 is 0.853 bits per heavy atom. The molecule has 34 heavy (non-hydrogen) atoms. The van der Waals surface area contributed by atoms with Gasteiger partial charge in [-0.1, -0.05) is 72.8 Å². The number of rotatable bonds is 9. The molecule has 0 bridgehead atoms. The summed E-state index contributed by atoms with van der Waals surface area (Å²) >= 11 is 0. The van der Waals surface area contributed by atoms with Gasteiger partial charge in [-0.15, -0.1) is 0 Å². The third-order valence-corrected chi connectivity index (χ3v) is 5.36. The molecule has 1 N–H and O–H groups in total. The number of hydrogen-bond donors (Lipinski definition) is 1. The van der Waals surface area contributed by atoms with Gasteiger partial charge in [-0.3, -0.25) is 9.78 Å². The van der Waals surface area contributed by atoms with Crippen molar-refractivity contribution in [3.05, 3.63) is 114 Å². The van der Waals surface area contributed by atoms with Crippen LogP contribution in [0.1, 0.15) is 29.2 Å². The number of hydrogen-bond acceptors (Lipinski definition) is 5. The summed E-state index contributed by atoms with van der Waals surface area (Å²) in [4.78, 5) is 32.9. The van der Waals surface area contributed by atoms with Crippen LogP contribution >= 0.6 is 0 Å². The lowest BCUT2D eigenvalue weighted by molar-refractivity contribution is -0.143. The maximum Gasteiger partial charge on any atom is 0.331 e. The van der Waals surface area contributed by atoms with Crippen LogP contribution in [0.25, 0.3) is 17.1 Å². The number of carbonyl (C=O) groups excluding carboxylic acids is 2. The highest BCUT2D eigenvalue weighted by atomic mass is 16.5. The van der Waals surface area contributed by atoms with Crippen LogP contribution in [-0.4, -0.2) is 35.0 Å². The monoisotopic (exact) mass is 451 g/mol. The van der Waals surface area contributed by atoms with Gasteiger partial charge >= 0.3 is 5.97 Å². The largest absolute Gasteiger partial charge is 0.452 e. The Balaban J connectivity index is 1.25. The van der Waals surface area contributed by atoms with E-state index in [1.165, 1.54) is 23.3 Å². The minimum absolute atomic E-state index is 0.163. The lowest BCUT2D eigenvalue weighted by atomic mass is 9.88. The Kier molecular flexibility index (Phi) is 7.74. The standard InChI is InChI=1S/C28H25N3O3/c32-27(20-34-28(33)16-15-23-19-30-25-13-7-8-14-26(25)31-23)29-18-17-24(21-9-3-1-4-10-21)22-11-5-2-6-12-22/h1-16,19,24H,17-18,20H2,(H,29,32)/b16-15+. The van der Waals surface area contributed by atoms with E-state index in [1.54, 1.807) is 6.20 Å². The number of benzene rings is 3. The smallest absolute Gasteiger partial charge is 0.331 e. The van der Waals surface area contributed by atoms with Crippen LogP contribution in [0.5, 0.6) is 0 Å². The lowest BCUT2D eigenvalue weighted by Crippen LogP contribution is -2.30. The number of amides is 1. The van der Waals surface area contributed by atoms with Crippen LogP contribution in [-0.2, 0) is 14.3 Å². The van der Waals surface area contributed by atoms with Crippen molar-refractivity contribution in [2.45, 2.75) is 12.3 Å². The lowest BCUT2D eigenvalue weighted by Gasteiger charge is -2.18. The quantitative estimate of drug-likeness (QED) is 0.299. The number of carbonyl (C=O) groups is 2. The van der Waals surface area contributed by atoms with Gasteiger partial charge < -0.3 is 10.1 Å². The van der Waals surface area contributed by atoms with Crippen molar-refractivity contribution < 1.29 is 14.3 Å². The van der Waals surface area contributed by atoms with E-state index in [2.05, 4.69) is 39.6 Å². The molecule has 1 amide bonds. The summed E-state index contributed by atoms with van der Waals surface area (Å²) in [5.41, 5.74) is 4.43. The van der Waals surface area contributed by atoms with Gasteiger partial charge in [0.2, 0.25) is 0 Å². The number of nitrogens with one attached hydrogen (secondary N) is 1. The first-order valence-corrected chi connectivity index (χ1v) is 11.1. The molecule has 4 aromatic rings. The molecular weight excluding hydrogens is 426 g/mol. The molecule has 0 aliphatic carbocycles. The van der Waals surface area contributed by atoms with E-state index in [0.717, 1.165) is 17.5 Å². The summed E-state index contributed by atoms with van der Waals surface area (Å²) in [6, 6.07) is 27.9. The molecule has 0 fully saturated rings. The maximum atomic E-state index is 12.2.